The summed E-state index contributed by atoms with van der Waals surface area (Å²) in [5, 5.41) is 3.07. The molecule has 3 fully saturated rings. The van der Waals surface area contributed by atoms with Gasteiger partial charge in [0.1, 0.15) is 0 Å². The molecule has 3 aliphatic rings. The Bertz CT molecular complexity index is 746. The standard InChI is InChI=1S/C23H33N3O2/c1-17-7-6-8-18(25-17)16-24-20(27)19-15-23(19)11-13-26(14-12-23)21(28)22(2)9-4-3-5-10-22/h6-8,19H,3-5,9-16H2,1-2H3,(H,24,27)/t19-/m1/s1. The Morgan fingerprint density at radius 3 is 2.54 bits per heavy atom. The Kier molecular flexibility index (Phi) is 5.19. The van der Waals surface area contributed by atoms with Gasteiger partial charge in [0.05, 0.1) is 12.2 Å². The highest BCUT2D eigenvalue weighted by Gasteiger charge is 2.59. The predicted octanol–water partition coefficient (Wildman–Crippen LogP) is 3.61. The topological polar surface area (TPSA) is 62.3 Å². The SMILES string of the molecule is Cc1cccc(CNC(=O)[C@H]2CC23CCN(C(=O)C2(C)CCCCC2)CC3)n1. The molecule has 0 radical (unpaired) electrons. The first kappa shape index (κ1) is 19.4. The number of pyridine rings is 1. The minimum atomic E-state index is -0.149. The van der Waals surface area contributed by atoms with Crippen LogP contribution in [-0.2, 0) is 16.1 Å². The number of likely N-dealkylation sites (tertiary alicyclic amines) is 1. The van der Waals surface area contributed by atoms with E-state index in [1.807, 2.05) is 25.1 Å². The van der Waals surface area contributed by atoms with E-state index in [2.05, 4.69) is 22.1 Å². The molecule has 2 heterocycles. The van der Waals surface area contributed by atoms with Gasteiger partial charge in [-0.3, -0.25) is 14.6 Å². The number of amides is 2. The van der Waals surface area contributed by atoms with Gasteiger partial charge in [-0.1, -0.05) is 32.3 Å². The molecule has 1 spiro atoms. The third-order valence-electron chi connectivity index (χ3n) is 7.42. The van der Waals surface area contributed by atoms with Crippen molar-refractivity contribution in [3.63, 3.8) is 0 Å². The summed E-state index contributed by atoms with van der Waals surface area (Å²) in [5.41, 5.74) is 1.86. The molecule has 5 heteroatoms. The van der Waals surface area contributed by atoms with Crippen LogP contribution in [-0.4, -0.2) is 34.8 Å². The van der Waals surface area contributed by atoms with Crippen molar-refractivity contribution < 1.29 is 9.59 Å². The van der Waals surface area contributed by atoms with E-state index in [4.69, 9.17) is 0 Å². The van der Waals surface area contributed by atoms with Gasteiger partial charge in [0.2, 0.25) is 11.8 Å². The fourth-order valence-electron chi connectivity index (χ4n) is 5.35. The summed E-state index contributed by atoms with van der Waals surface area (Å²) in [7, 11) is 0. The zero-order valence-corrected chi connectivity index (χ0v) is 17.3. The second kappa shape index (κ2) is 7.49. The fourth-order valence-corrected chi connectivity index (χ4v) is 5.35. The van der Waals surface area contributed by atoms with Gasteiger partial charge in [-0.15, -0.1) is 0 Å². The zero-order valence-electron chi connectivity index (χ0n) is 17.3. The maximum atomic E-state index is 13.0. The third kappa shape index (κ3) is 3.81. The van der Waals surface area contributed by atoms with E-state index in [1.165, 1.54) is 19.3 Å². The van der Waals surface area contributed by atoms with Crippen molar-refractivity contribution in [2.75, 3.05) is 13.1 Å². The number of carbonyl (C=O) groups is 2. The monoisotopic (exact) mass is 383 g/mol. The number of rotatable bonds is 4. The molecule has 2 amide bonds. The van der Waals surface area contributed by atoms with Crippen LogP contribution in [0.5, 0.6) is 0 Å². The first-order valence-electron chi connectivity index (χ1n) is 10.9. The van der Waals surface area contributed by atoms with Crippen LogP contribution in [0.1, 0.15) is 69.7 Å². The summed E-state index contributed by atoms with van der Waals surface area (Å²) in [5.74, 6) is 0.622. The van der Waals surface area contributed by atoms with E-state index in [0.717, 1.165) is 56.6 Å². The van der Waals surface area contributed by atoms with E-state index in [0.29, 0.717) is 12.5 Å². The van der Waals surface area contributed by atoms with Crippen LogP contribution in [0.2, 0.25) is 0 Å². The van der Waals surface area contributed by atoms with Gasteiger partial charge in [-0.2, -0.15) is 0 Å². The second-order valence-corrected chi connectivity index (χ2v) is 9.52. The summed E-state index contributed by atoms with van der Waals surface area (Å²) >= 11 is 0. The molecular weight excluding hydrogens is 350 g/mol. The van der Waals surface area contributed by atoms with E-state index in [-0.39, 0.29) is 22.7 Å². The van der Waals surface area contributed by atoms with Gasteiger partial charge in [-0.05, 0) is 56.6 Å². The van der Waals surface area contributed by atoms with Crippen molar-refractivity contribution in [3.05, 3.63) is 29.6 Å². The molecule has 1 aromatic rings. The molecule has 152 valence electrons. The summed E-state index contributed by atoms with van der Waals surface area (Å²) < 4.78 is 0. The molecule has 5 nitrogen and oxygen atoms in total. The molecular formula is C23H33N3O2. The van der Waals surface area contributed by atoms with Crippen LogP contribution >= 0.6 is 0 Å². The Labute approximate surface area is 168 Å². The number of nitrogens with one attached hydrogen (secondary N) is 1. The minimum absolute atomic E-state index is 0.111. The summed E-state index contributed by atoms with van der Waals surface area (Å²) in [6.45, 7) is 6.25. The highest BCUT2D eigenvalue weighted by Crippen LogP contribution is 2.59. The first-order valence-corrected chi connectivity index (χ1v) is 10.9. The second-order valence-electron chi connectivity index (χ2n) is 9.52. The molecule has 1 aromatic heterocycles. The van der Waals surface area contributed by atoms with Crippen LogP contribution in [0.4, 0.5) is 0 Å². The van der Waals surface area contributed by atoms with Gasteiger partial charge in [0.25, 0.3) is 0 Å². The minimum Gasteiger partial charge on any atom is -0.350 e. The largest absolute Gasteiger partial charge is 0.350 e. The average Bonchev–Trinajstić information content (AvgIpc) is 3.40. The van der Waals surface area contributed by atoms with Gasteiger partial charge >= 0.3 is 0 Å². The molecule has 1 saturated heterocycles. The quantitative estimate of drug-likeness (QED) is 0.864. The number of piperidine rings is 1. The first-order chi connectivity index (χ1) is 13.4. The van der Waals surface area contributed by atoms with Gasteiger partial charge in [0, 0.05) is 30.1 Å². The molecule has 2 saturated carbocycles. The lowest BCUT2D eigenvalue weighted by Crippen LogP contribution is -2.47. The molecule has 0 unspecified atom stereocenters. The lowest BCUT2D eigenvalue weighted by atomic mass is 9.74. The summed E-state index contributed by atoms with van der Waals surface area (Å²) in [4.78, 5) is 32.2. The number of aromatic nitrogens is 1. The zero-order chi connectivity index (χ0) is 19.8. The molecule has 2 aliphatic carbocycles. The summed E-state index contributed by atoms with van der Waals surface area (Å²) in [6.07, 6.45) is 8.60. The van der Waals surface area contributed by atoms with Gasteiger partial charge in [-0.25, -0.2) is 0 Å². The van der Waals surface area contributed by atoms with Crippen LogP contribution in [0, 0.1) is 23.7 Å². The van der Waals surface area contributed by atoms with E-state index >= 15 is 0 Å². The predicted molar refractivity (Wildman–Crippen MR) is 108 cm³/mol. The molecule has 4 rings (SSSR count). The fraction of sp³-hybridized carbons (Fsp3) is 0.696. The Balaban J connectivity index is 1.27. The molecule has 1 N–H and O–H groups in total. The van der Waals surface area contributed by atoms with Crippen LogP contribution in [0.3, 0.4) is 0 Å². The normalized spacial score (nSPS) is 25.4. The van der Waals surface area contributed by atoms with Crippen molar-refractivity contribution in [1.82, 2.24) is 15.2 Å². The van der Waals surface area contributed by atoms with E-state index in [1.54, 1.807) is 0 Å². The Morgan fingerprint density at radius 2 is 1.86 bits per heavy atom. The van der Waals surface area contributed by atoms with Crippen molar-refractivity contribution in [2.24, 2.45) is 16.7 Å². The van der Waals surface area contributed by atoms with Gasteiger partial charge < -0.3 is 10.2 Å². The lowest BCUT2D eigenvalue weighted by molar-refractivity contribution is -0.144. The number of carbonyl (C=O) groups excluding carboxylic acids is 2. The highest BCUT2D eigenvalue weighted by molar-refractivity contribution is 5.84. The molecule has 28 heavy (non-hydrogen) atoms. The highest BCUT2D eigenvalue weighted by atomic mass is 16.2. The number of nitrogens with zero attached hydrogens (tertiary/aromatic N) is 2. The van der Waals surface area contributed by atoms with Gasteiger partial charge in [0.15, 0.2) is 0 Å². The Hall–Kier alpha value is -1.91. The molecule has 1 atom stereocenters. The molecule has 0 bridgehead atoms. The maximum Gasteiger partial charge on any atom is 0.228 e. The smallest absolute Gasteiger partial charge is 0.228 e. The number of aryl methyl sites for hydroxylation is 1. The number of hydrogen-bond donors (Lipinski definition) is 1. The lowest BCUT2D eigenvalue weighted by Gasteiger charge is -2.40. The maximum absolute atomic E-state index is 13.0. The van der Waals surface area contributed by atoms with Crippen LogP contribution < -0.4 is 5.32 Å². The van der Waals surface area contributed by atoms with E-state index < -0.39 is 0 Å². The third-order valence-corrected chi connectivity index (χ3v) is 7.42. The van der Waals surface area contributed by atoms with Crippen molar-refractivity contribution in [1.29, 1.82) is 0 Å². The molecule has 0 aromatic carbocycles. The Morgan fingerprint density at radius 1 is 1.14 bits per heavy atom. The van der Waals surface area contributed by atoms with Crippen LogP contribution in [0.15, 0.2) is 18.2 Å². The van der Waals surface area contributed by atoms with Crippen LogP contribution in [0.25, 0.3) is 0 Å². The number of hydrogen-bond acceptors (Lipinski definition) is 3. The van der Waals surface area contributed by atoms with Crippen molar-refractivity contribution in [3.8, 4) is 0 Å². The van der Waals surface area contributed by atoms with Crippen molar-refractivity contribution >= 4 is 11.8 Å². The molecule has 1 aliphatic heterocycles. The van der Waals surface area contributed by atoms with Crippen molar-refractivity contribution in [2.45, 2.75) is 71.8 Å². The average molecular weight is 384 g/mol. The van der Waals surface area contributed by atoms with E-state index in [9.17, 15) is 9.59 Å². The summed E-state index contributed by atoms with van der Waals surface area (Å²) in [6, 6.07) is 5.89.